The van der Waals surface area contributed by atoms with Gasteiger partial charge in [0.25, 0.3) is 10.0 Å². The molecule has 2 unspecified atom stereocenters. The van der Waals surface area contributed by atoms with Crippen molar-refractivity contribution in [2.45, 2.75) is 190 Å². The molecule has 0 bridgehead atoms. The van der Waals surface area contributed by atoms with Crippen molar-refractivity contribution in [1.29, 1.82) is 0 Å². The van der Waals surface area contributed by atoms with Crippen LogP contribution in [-0.2, 0) is 30.3 Å². The maximum Gasteiger partial charge on any atom is 0.253 e. The fourth-order valence-corrected chi connectivity index (χ4v) is 12.0. The molecule has 2 heterocycles. The number of unbranched alkanes of at least 4 members (excludes halogenated alkanes) is 10. The largest absolute Gasteiger partial charge is 0.506 e. The van der Waals surface area contributed by atoms with Crippen LogP contribution in [0.5, 0.6) is 0 Å². The highest BCUT2D eigenvalue weighted by atomic mass is 32.2. The SMILES string of the molecule is CCCCCCCCS(=O)(=O)N=C1C=C2C(=CC1=C1C(=O)C(c3cc4c(cc3NS(=O)(=O)CCCCCCCC)N(C(C)C)C(C)C4(C)C)=C1O)C(C)(C)C(C)N2C(C)C. The zero-order chi connectivity index (χ0) is 44.5. The number of benzene rings is 1. The van der Waals surface area contributed by atoms with Gasteiger partial charge in [-0.2, -0.15) is 4.40 Å². The fourth-order valence-electron chi connectivity index (χ4n) is 9.66. The van der Waals surface area contributed by atoms with Gasteiger partial charge in [0.1, 0.15) is 5.76 Å². The highest BCUT2D eigenvalue weighted by molar-refractivity contribution is 7.92. The molecule has 5 rings (SSSR count). The van der Waals surface area contributed by atoms with E-state index >= 15 is 0 Å². The number of anilines is 2. The molecule has 10 nitrogen and oxygen atoms in total. The highest BCUT2D eigenvalue weighted by Gasteiger charge is 2.49. The summed E-state index contributed by atoms with van der Waals surface area (Å²) in [5.41, 5.74) is 3.87. The fraction of sp³-hybridized carbons (Fsp3) is 0.667. The van der Waals surface area contributed by atoms with Crippen LogP contribution in [0, 0.1) is 5.41 Å². The summed E-state index contributed by atoms with van der Waals surface area (Å²) in [6, 6.07) is 4.07. The molecule has 2 aliphatic heterocycles. The van der Waals surface area contributed by atoms with Crippen LogP contribution in [0.25, 0.3) is 5.57 Å². The van der Waals surface area contributed by atoms with Crippen LogP contribution in [0.15, 0.2) is 56.9 Å². The van der Waals surface area contributed by atoms with Crippen LogP contribution in [0.4, 0.5) is 11.4 Å². The van der Waals surface area contributed by atoms with Crippen LogP contribution in [0.3, 0.4) is 0 Å². The van der Waals surface area contributed by atoms with Crippen LogP contribution >= 0.6 is 0 Å². The first-order valence-electron chi connectivity index (χ1n) is 22.8. The van der Waals surface area contributed by atoms with Gasteiger partial charge in [-0.25, -0.2) is 16.8 Å². The summed E-state index contributed by atoms with van der Waals surface area (Å²) in [5, 5.41) is 12.2. The number of sulfonamides is 2. The second-order valence-electron chi connectivity index (χ2n) is 19.4. The number of fused-ring (bicyclic) bond motifs is 2. The lowest BCUT2D eigenvalue weighted by Crippen LogP contribution is -2.42. The van der Waals surface area contributed by atoms with E-state index in [1.807, 2.05) is 18.2 Å². The van der Waals surface area contributed by atoms with Gasteiger partial charge in [0, 0.05) is 57.5 Å². The number of hydrogen-bond acceptors (Lipinski definition) is 8. The monoisotopic (exact) mass is 867 g/mol. The van der Waals surface area contributed by atoms with E-state index < -0.39 is 25.8 Å². The average Bonchev–Trinajstić information content (AvgIpc) is 3.47. The van der Waals surface area contributed by atoms with Crippen LogP contribution in [0.1, 0.15) is 171 Å². The summed E-state index contributed by atoms with van der Waals surface area (Å²) in [6.07, 6.45) is 14.8. The Kier molecular flexibility index (Phi) is 14.7. The van der Waals surface area contributed by atoms with Crippen LogP contribution < -0.4 is 9.62 Å². The number of nitrogens with one attached hydrogen (secondary N) is 1. The van der Waals surface area contributed by atoms with Crippen LogP contribution in [-0.4, -0.2) is 74.0 Å². The normalized spacial score (nSPS) is 23.1. The van der Waals surface area contributed by atoms with E-state index in [9.17, 15) is 26.7 Å². The number of hydrogen-bond donors (Lipinski definition) is 2. The number of aliphatic hydroxyl groups is 1. The molecule has 2 aliphatic carbocycles. The smallest absolute Gasteiger partial charge is 0.253 e. The Bertz CT molecular complexity index is 2190. The topological polar surface area (TPSA) is 136 Å². The number of aliphatic hydroxyl groups excluding tert-OH is 1. The Morgan fingerprint density at radius 1 is 0.733 bits per heavy atom. The number of ketones is 1. The lowest BCUT2D eigenvalue weighted by atomic mass is 9.74. The zero-order valence-electron chi connectivity index (χ0n) is 38.7. The Labute approximate surface area is 362 Å². The molecular weight excluding hydrogens is 793 g/mol. The molecule has 60 heavy (non-hydrogen) atoms. The van der Waals surface area contributed by atoms with Crippen LogP contribution in [0.2, 0.25) is 0 Å². The summed E-state index contributed by atoms with van der Waals surface area (Å²) < 4.78 is 62.1. The summed E-state index contributed by atoms with van der Waals surface area (Å²) in [4.78, 5) is 19.3. The summed E-state index contributed by atoms with van der Waals surface area (Å²) in [5.74, 6) is -0.949. The molecule has 1 aromatic carbocycles. The van der Waals surface area contributed by atoms with E-state index in [1.54, 1.807) is 6.08 Å². The molecule has 2 atom stereocenters. The predicted molar refractivity (Wildman–Crippen MR) is 250 cm³/mol. The molecule has 334 valence electrons. The zero-order valence-corrected chi connectivity index (χ0v) is 40.3. The van der Waals surface area contributed by atoms with Gasteiger partial charge in [-0.1, -0.05) is 106 Å². The number of allylic oxidation sites excluding steroid dienone is 6. The summed E-state index contributed by atoms with van der Waals surface area (Å²) in [6.45, 7) is 25.6. The second kappa shape index (κ2) is 18.5. The summed E-state index contributed by atoms with van der Waals surface area (Å²) in [7, 11) is -7.76. The highest BCUT2D eigenvalue weighted by Crippen LogP contribution is 2.53. The van der Waals surface area contributed by atoms with Gasteiger partial charge in [-0.3, -0.25) is 9.52 Å². The van der Waals surface area contributed by atoms with Gasteiger partial charge in [-0.15, -0.1) is 0 Å². The molecule has 1 fully saturated rings. The van der Waals surface area contributed by atoms with E-state index in [-0.39, 0.29) is 80.4 Å². The van der Waals surface area contributed by atoms with Gasteiger partial charge in [0.15, 0.2) is 0 Å². The Balaban J connectivity index is 1.66. The van der Waals surface area contributed by atoms with E-state index in [4.69, 9.17) is 0 Å². The quantitative estimate of drug-likeness (QED) is 0.0976. The average molecular weight is 867 g/mol. The van der Waals surface area contributed by atoms with Gasteiger partial charge in [-0.05, 0) is 89.8 Å². The Morgan fingerprint density at radius 3 is 1.82 bits per heavy atom. The molecule has 4 aliphatic rings. The molecule has 0 radical (unpaired) electrons. The van der Waals surface area contributed by atoms with E-state index in [2.05, 4.69) is 102 Å². The van der Waals surface area contributed by atoms with Crippen molar-refractivity contribution in [1.82, 2.24) is 4.90 Å². The number of rotatable bonds is 20. The van der Waals surface area contributed by atoms with Crippen molar-refractivity contribution >= 4 is 48.5 Å². The number of carbonyl (C=O) groups excluding carboxylic acids is 1. The molecule has 0 spiro atoms. The molecular formula is C48H74N4O6S2. The minimum atomic E-state index is -3.94. The number of nitrogens with zero attached hydrogens (tertiary/aromatic N) is 3. The minimum Gasteiger partial charge on any atom is -0.506 e. The summed E-state index contributed by atoms with van der Waals surface area (Å²) >= 11 is 0. The number of carbonyl (C=O) groups is 1. The number of likely N-dealkylation sites (tertiary alicyclic amines) is 1. The molecule has 2 N–H and O–H groups in total. The molecule has 0 amide bonds. The minimum absolute atomic E-state index is 0.00864. The first kappa shape index (κ1) is 47.7. The molecule has 1 saturated heterocycles. The number of Topliss-reactive ketones (excluding diaryl/α,β-unsaturated/α-hetero) is 1. The van der Waals surface area contributed by atoms with E-state index in [0.717, 1.165) is 86.7 Å². The first-order valence-corrected chi connectivity index (χ1v) is 26.0. The van der Waals surface area contributed by atoms with E-state index in [1.165, 1.54) is 0 Å². The van der Waals surface area contributed by atoms with Crippen molar-refractivity contribution in [2.75, 3.05) is 21.1 Å². The molecule has 12 heteroatoms. The van der Waals surface area contributed by atoms with Gasteiger partial charge in [0.2, 0.25) is 15.8 Å². The third-order valence-corrected chi connectivity index (χ3v) is 16.4. The van der Waals surface area contributed by atoms with Gasteiger partial charge >= 0.3 is 0 Å². The molecule has 0 saturated carbocycles. The van der Waals surface area contributed by atoms with Crippen molar-refractivity contribution in [3.63, 3.8) is 0 Å². The maximum atomic E-state index is 14.8. The second-order valence-corrected chi connectivity index (χ2v) is 23.0. The van der Waals surface area contributed by atoms with Crippen molar-refractivity contribution in [2.24, 2.45) is 9.81 Å². The van der Waals surface area contributed by atoms with Crippen molar-refractivity contribution < 1.29 is 26.7 Å². The van der Waals surface area contributed by atoms with Gasteiger partial charge < -0.3 is 14.9 Å². The Morgan fingerprint density at radius 2 is 1.27 bits per heavy atom. The lowest BCUT2D eigenvalue weighted by Gasteiger charge is -2.34. The third-order valence-electron chi connectivity index (χ3n) is 13.7. The standard InChI is InChI=1S/C48H74N4O6S2/c1-13-15-17-19-21-23-25-59(55,56)49-39-29-41-37(47(9,10)33(7)51(41)31(3)4)27-35(39)43-45(53)44(46(43)54)36-28-38-42(52(32(5)6)34(8)48(38,11)12)30-40(36)50-60(57,58)26-24-22-20-18-16-14-2/h27-34,49,53H,13-26H2,1-12H3. The third kappa shape index (κ3) is 9.49. The Hall–Kier alpha value is -3.38. The molecule has 1 aromatic rings. The van der Waals surface area contributed by atoms with Crippen molar-refractivity contribution in [3.8, 4) is 0 Å². The lowest BCUT2D eigenvalue weighted by molar-refractivity contribution is -0.111. The first-order chi connectivity index (χ1) is 28.0. The van der Waals surface area contributed by atoms with E-state index in [0.29, 0.717) is 18.4 Å². The molecule has 0 aromatic heterocycles. The predicted octanol–water partition coefficient (Wildman–Crippen LogP) is 10.9. The van der Waals surface area contributed by atoms with Gasteiger partial charge in [0.05, 0.1) is 34.1 Å². The maximum absolute atomic E-state index is 14.8. The van der Waals surface area contributed by atoms with Crippen molar-refractivity contribution in [3.05, 3.63) is 63.6 Å².